The Hall–Kier alpha value is -2.62. The highest BCUT2D eigenvalue weighted by atomic mass is 16.6. The van der Waals surface area contributed by atoms with E-state index in [1.807, 2.05) is 0 Å². The summed E-state index contributed by atoms with van der Waals surface area (Å²) in [7, 11) is 1.22. The van der Waals surface area contributed by atoms with Gasteiger partial charge in [-0.25, -0.2) is 4.79 Å². The number of hydrogen-bond acceptors (Lipinski definition) is 6. The van der Waals surface area contributed by atoms with Crippen LogP contribution in [-0.4, -0.2) is 24.6 Å². The van der Waals surface area contributed by atoms with Crippen LogP contribution in [0.3, 0.4) is 0 Å². The van der Waals surface area contributed by atoms with E-state index < -0.39 is 16.6 Å². The van der Waals surface area contributed by atoms with E-state index in [4.69, 9.17) is 14.7 Å². The first kappa shape index (κ1) is 13.4. The minimum absolute atomic E-state index is 0.0335. The molecule has 18 heavy (non-hydrogen) atoms. The summed E-state index contributed by atoms with van der Waals surface area (Å²) < 4.78 is 9.63. The number of ether oxygens (including phenoxy) is 2. The number of nitro benzene ring substituents is 1. The predicted molar refractivity (Wildman–Crippen MR) is 60.3 cm³/mol. The van der Waals surface area contributed by atoms with Crippen molar-refractivity contribution >= 4 is 11.7 Å². The zero-order chi connectivity index (χ0) is 13.7. The first-order valence-corrected chi connectivity index (χ1v) is 4.99. The number of nitrogens with zero attached hydrogens (tertiary/aromatic N) is 2. The van der Waals surface area contributed by atoms with Gasteiger partial charge in [-0.2, -0.15) is 5.26 Å². The number of rotatable bonds is 4. The Balaban J connectivity index is 3.54. The SMILES string of the molecule is CCOC(=O)c1c([N+](=O)[O-])ccc(C#N)c1OC. The van der Waals surface area contributed by atoms with Crippen molar-refractivity contribution in [3.05, 3.63) is 33.4 Å². The molecule has 0 aromatic heterocycles. The van der Waals surface area contributed by atoms with Gasteiger partial charge in [0.2, 0.25) is 0 Å². The van der Waals surface area contributed by atoms with Crippen molar-refractivity contribution < 1.29 is 19.2 Å². The van der Waals surface area contributed by atoms with E-state index in [0.717, 1.165) is 6.07 Å². The minimum atomic E-state index is -0.891. The molecule has 7 nitrogen and oxygen atoms in total. The van der Waals surface area contributed by atoms with Gasteiger partial charge in [-0.15, -0.1) is 0 Å². The molecule has 1 aromatic rings. The van der Waals surface area contributed by atoms with Crippen molar-refractivity contribution in [3.8, 4) is 11.8 Å². The van der Waals surface area contributed by atoms with Crippen LogP contribution < -0.4 is 4.74 Å². The topological polar surface area (TPSA) is 102 Å². The minimum Gasteiger partial charge on any atom is -0.494 e. The number of esters is 1. The maximum Gasteiger partial charge on any atom is 0.349 e. The molecular formula is C11H10N2O5. The summed E-state index contributed by atoms with van der Waals surface area (Å²) >= 11 is 0. The van der Waals surface area contributed by atoms with Crippen LogP contribution in [0.2, 0.25) is 0 Å². The van der Waals surface area contributed by atoms with Gasteiger partial charge in [0.05, 0.1) is 24.2 Å². The van der Waals surface area contributed by atoms with Gasteiger partial charge in [-0.1, -0.05) is 0 Å². The molecule has 7 heteroatoms. The molecule has 0 heterocycles. The predicted octanol–water partition coefficient (Wildman–Crippen LogP) is 1.65. The monoisotopic (exact) mass is 250 g/mol. The molecule has 0 saturated heterocycles. The fourth-order valence-electron chi connectivity index (χ4n) is 1.43. The molecule has 1 aromatic carbocycles. The number of nitro groups is 1. The zero-order valence-corrected chi connectivity index (χ0v) is 9.80. The highest BCUT2D eigenvalue weighted by molar-refractivity contribution is 5.98. The van der Waals surface area contributed by atoms with Crippen molar-refractivity contribution in [2.45, 2.75) is 6.92 Å². The number of methoxy groups -OCH3 is 1. The highest BCUT2D eigenvalue weighted by Crippen LogP contribution is 2.32. The molecule has 0 unspecified atom stereocenters. The Morgan fingerprint density at radius 2 is 2.22 bits per heavy atom. The van der Waals surface area contributed by atoms with Crippen molar-refractivity contribution in [1.82, 2.24) is 0 Å². The van der Waals surface area contributed by atoms with E-state index >= 15 is 0 Å². The average molecular weight is 250 g/mol. The van der Waals surface area contributed by atoms with Crippen molar-refractivity contribution in [1.29, 1.82) is 5.26 Å². The second-order valence-electron chi connectivity index (χ2n) is 3.13. The maximum atomic E-state index is 11.7. The molecule has 0 amide bonds. The largest absolute Gasteiger partial charge is 0.494 e. The van der Waals surface area contributed by atoms with Gasteiger partial charge in [0.1, 0.15) is 6.07 Å². The molecule has 1 rings (SSSR count). The lowest BCUT2D eigenvalue weighted by Gasteiger charge is -2.09. The Labute approximate surface area is 103 Å². The van der Waals surface area contributed by atoms with E-state index in [9.17, 15) is 14.9 Å². The molecular weight excluding hydrogens is 240 g/mol. The first-order chi connectivity index (χ1) is 8.56. The number of benzene rings is 1. The van der Waals surface area contributed by atoms with E-state index in [-0.39, 0.29) is 23.5 Å². The molecule has 0 aliphatic carbocycles. The van der Waals surface area contributed by atoms with Gasteiger partial charge in [0.15, 0.2) is 11.3 Å². The van der Waals surface area contributed by atoms with Crippen LogP contribution >= 0.6 is 0 Å². The third-order valence-corrected chi connectivity index (χ3v) is 2.14. The third-order valence-electron chi connectivity index (χ3n) is 2.14. The van der Waals surface area contributed by atoms with Crippen molar-refractivity contribution in [3.63, 3.8) is 0 Å². The summed E-state index contributed by atoms with van der Waals surface area (Å²) in [5.74, 6) is -1.04. The lowest BCUT2D eigenvalue weighted by molar-refractivity contribution is -0.385. The van der Waals surface area contributed by atoms with Gasteiger partial charge in [0.25, 0.3) is 5.69 Å². The smallest absolute Gasteiger partial charge is 0.349 e. The van der Waals surface area contributed by atoms with Gasteiger partial charge in [0, 0.05) is 6.07 Å². The van der Waals surface area contributed by atoms with E-state index in [2.05, 4.69) is 0 Å². The molecule has 0 atom stereocenters. The van der Waals surface area contributed by atoms with Crippen LogP contribution in [0.1, 0.15) is 22.8 Å². The Morgan fingerprint density at radius 3 is 2.67 bits per heavy atom. The van der Waals surface area contributed by atoms with Crippen LogP contribution in [0.25, 0.3) is 0 Å². The van der Waals surface area contributed by atoms with Crippen molar-refractivity contribution in [2.24, 2.45) is 0 Å². The highest BCUT2D eigenvalue weighted by Gasteiger charge is 2.28. The van der Waals surface area contributed by atoms with Gasteiger partial charge in [-0.05, 0) is 13.0 Å². The number of hydrogen-bond donors (Lipinski definition) is 0. The van der Waals surface area contributed by atoms with Crippen LogP contribution in [0.15, 0.2) is 12.1 Å². The second kappa shape index (κ2) is 5.63. The summed E-state index contributed by atoms with van der Waals surface area (Å²) in [5, 5.41) is 19.7. The molecule has 0 spiro atoms. The molecule has 0 fully saturated rings. The summed E-state index contributed by atoms with van der Waals surface area (Å²) in [6.45, 7) is 1.64. The Bertz CT molecular complexity index is 533. The average Bonchev–Trinajstić information content (AvgIpc) is 2.36. The fourth-order valence-corrected chi connectivity index (χ4v) is 1.43. The molecule has 0 bridgehead atoms. The van der Waals surface area contributed by atoms with Gasteiger partial charge in [-0.3, -0.25) is 10.1 Å². The zero-order valence-electron chi connectivity index (χ0n) is 9.80. The van der Waals surface area contributed by atoms with Gasteiger partial charge >= 0.3 is 5.97 Å². The lowest BCUT2D eigenvalue weighted by Crippen LogP contribution is -2.11. The molecule has 0 N–H and O–H groups in total. The van der Waals surface area contributed by atoms with Crippen molar-refractivity contribution in [2.75, 3.05) is 13.7 Å². The number of nitriles is 1. The summed E-state index contributed by atoms with van der Waals surface area (Å²) in [4.78, 5) is 21.8. The van der Waals surface area contributed by atoms with Gasteiger partial charge < -0.3 is 9.47 Å². The molecule has 0 aliphatic rings. The second-order valence-corrected chi connectivity index (χ2v) is 3.13. The third kappa shape index (κ3) is 2.38. The van der Waals surface area contributed by atoms with E-state index in [0.29, 0.717) is 0 Å². The molecule has 94 valence electrons. The molecule has 0 radical (unpaired) electrons. The number of carbonyl (C=O) groups is 1. The summed E-state index contributed by atoms with van der Waals surface area (Å²) in [6.07, 6.45) is 0. The quantitative estimate of drug-likeness (QED) is 0.457. The van der Waals surface area contributed by atoms with E-state index in [1.54, 1.807) is 13.0 Å². The lowest BCUT2D eigenvalue weighted by atomic mass is 10.1. The maximum absolute atomic E-state index is 11.7. The van der Waals surface area contributed by atoms with Crippen LogP contribution in [0.4, 0.5) is 5.69 Å². The Kier molecular flexibility index (Phi) is 4.21. The first-order valence-electron chi connectivity index (χ1n) is 4.99. The Morgan fingerprint density at radius 1 is 1.56 bits per heavy atom. The summed E-state index contributed by atoms with van der Waals surface area (Å²) in [5.41, 5.74) is -0.765. The number of carbonyl (C=O) groups excluding carboxylic acids is 1. The summed E-state index contributed by atoms with van der Waals surface area (Å²) in [6, 6.07) is 4.09. The van der Waals surface area contributed by atoms with Crippen LogP contribution in [0, 0.1) is 21.4 Å². The van der Waals surface area contributed by atoms with Crippen LogP contribution in [0.5, 0.6) is 5.75 Å². The standard InChI is InChI=1S/C11H10N2O5/c1-3-18-11(14)9-8(13(15)16)5-4-7(6-12)10(9)17-2/h4-5H,3H2,1-2H3. The molecule has 0 saturated carbocycles. The fraction of sp³-hybridized carbons (Fsp3) is 0.273. The van der Waals surface area contributed by atoms with E-state index in [1.165, 1.54) is 13.2 Å². The molecule has 0 aliphatic heterocycles. The van der Waals surface area contributed by atoms with Crippen LogP contribution in [-0.2, 0) is 4.74 Å². The normalized spacial score (nSPS) is 9.39.